The van der Waals surface area contributed by atoms with E-state index in [1.165, 1.54) is 10.6 Å². The number of ether oxygens (including phenoxy) is 1. The standard InChI is InChI=1S/C26H23BrF2N4O2/c1-15-31-23(35-14-17-8-9-18(28)13-20(17)29)22(27)24(34)33(15)19-7-5-6-16(12-19)21-10-11-30-25(32-21)26(2,3)4/h5-13H,14H2,1-4H3. The van der Waals surface area contributed by atoms with Crippen LogP contribution in [0.5, 0.6) is 5.88 Å². The van der Waals surface area contributed by atoms with Crippen LogP contribution in [0.25, 0.3) is 16.9 Å². The summed E-state index contributed by atoms with van der Waals surface area (Å²) in [6, 6.07) is 12.4. The second-order valence-corrected chi connectivity index (χ2v) is 9.80. The van der Waals surface area contributed by atoms with Crippen molar-refractivity contribution in [2.45, 2.75) is 39.7 Å². The Labute approximate surface area is 209 Å². The molecule has 0 saturated carbocycles. The van der Waals surface area contributed by atoms with Crippen LogP contribution >= 0.6 is 15.9 Å². The molecule has 180 valence electrons. The molecule has 2 heterocycles. The molecule has 0 amide bonds. The smallest absolute Gasteiger partial charge is 0.276 e. The van der Waals surface area contributed by atoms with Gasteiger partial charge in [0.15, 0.2) is 0 Å². The second kappa shape index (κ2) is 9.65. The van der Waals surface area contributed by atoms with Crippen molar-refractivity contribution in [3.63, 3.8) is 0 Å². The van der Waals surface area contributed by atoms with Crippen LogP contribution in [0.4, 0.5) is 8.78 Å². The van der Waals surface area contributed by atoms with Crippen molar-refractivity contribution in [3.8, 4) is 22.8 Å². The molecule has 2 aromatic heterocycles. The topological polar surface area (TPSA) is 69.9 Å². The average molecular weight is 541 g/mol. The summed E-state index contributed by atoms with van der Waals surface area (Å²) in [5, 5.41) is 0. The largest absolute Gasteiger partial charge is 0.472 e. The summed E-state index contributed by atoms with van der Waals surface area (Å²) < 4.78 is 34.2. The molecule has 0 fully saturated rings. The minimum absolute atomic E-state index is 0.0225. The Kier molecular flexibility index (Phi) is 6.80. The normalized spacial score (nSPS) is 11.5. The van der Waals surface area contributed by atoms with Gasteiger partial charge in [0.2, 0.25) is 5.88 Å². The number of aryl methyl sites for hydroxylation is 1. The summed E-state index contributed by atoms with van der Waals surface area (Å²) in [5.74, 6) is -0.292. The first-order chi connectivity index (χ1) is 16.5. The van der Waals surface area contributed by atoms with Crippen molar-refractivity contribution in [2.75, 3.05) is 0 Å². The molecule has 0 aliphatic rings. The van der Waals surface area contributed by atoms with E-state index in [9.17, 15) is 13.6 Å². The Hall–Kier alpha value is -3.46. The molecule has 4 aromatic rings. The first-order valence-corrected chi connectivity index (χ1v) is 11.6. The van der Waals surface area contributed by atoms with Crippen molar-refractivity contribution < 1.29 is 13.5 Å². The van der Waals surface area contributed by atoms with Gasteiger partial charge in [0, 0.05) is 28.8 Å². The highest BCUT2D eigenvalue weighted by Crippen LogP contribution is 2.26. The quantitative estimate of drug-likeness (QED) is 0.314. The van der Waals surface area contributed by atoms with Crippen molar-refractivity contribution in [1.29, 1.82) is 0 Å². The third-order valence-electron chi connectivity index (χ3n) is 5.27. The number of benzene rings is 2. The third kappa shape index (κ3) is 5.30. The maximum atomic E-state index is 13.9. The highest BCUT2D eigenvalue weighted by Gasteiger charge is 2.19. The number of aromatic nitrogens is 4. The first kappa shape index (κ1) is 24.7. The van der Waals surface area contributed by atoms with Crippen LogP contribution in [0.15, 0.2) is 64.0 Å². The lowest BCUT2D eigenvalue weighted by Crippen LogP contribution is -2.24. The van der Waals surface area contributed by atoms with Gasteiger partial charge < -0.3 is 4.74 Å². The molecule has 35 heavy (non-hydrogen) atoms. The molecule has 9 heteroatoms. The number of rotatable bonds is 5. The van der Waals surface area contributed by atoms with E-state index in [-0.39, 0.29) is 33.5 Å². The molecular weight excluding hydrogens is 518 g/mol. The molecule has 0 unspecified atom stereocenters. The third-order valence-corrected chi connectivity index (χ3v) is 5.95. The summed E-state index contributed by atoms with van der Waals surface area (Å²) in [6.07, 6.45) is 1.72. The molecule has 0 bridgehead atoms. The molecule has 6 nitrogen and oxygen atoms in total. The van der Waals surface area contributed by atoms with Crippen molar-refractivity contribution >= 4 is 15.9 Å². The van der Waals surface area contributed by atoms with E-state index in [1.807, 2.05) is 45.0 Å². The van der Waals surface area contributed by atoms with E-state index in [0.717, 1.165) is 29.2 Å². The molecule has 0 spiro atoms. The van der Waals surface area contributed by atoms with Crippen LogP contribution in [0.3, 0.4) is 0 Å². The molecule has 4 rings (SSSR count). The predicted molar refractivity (Wildman–Crippen MR) is 133 cm³/mol. The van der Waals surface area contributed by atoms with Gasteiger partial charge in [-0.25, -0.2) is 18.7 Å². The van der Waals surface area contributed by atoms with Crippen LogP contribution in [0, 0.1) is 18.6 Å². The summed E-state index contributed by atoms with van der Waals surface area (Å²) in [5.41, 5.74) is 1.72. The molecule has 0 aliphatic carbocycles. The van der Waals surface area contributed by atoms with E-state index >= 15 is 0 Å². The summed E-state index contributed by atoms with van der Waals surface area (Å²) in [6.45, 7) is 7.60. The van der Waals surface area contributed by atoms with Crippen LogP contribution < -0.4 is 10.3 Å². The van der Waals surface area contributed by atoms with Crippen molar-refractivity contribution in [3.05, 3.63) is 98.4 Å². The number of nitrogens with zero attached hydrogens (tertiary/aromatic N) is 4. The number of hydrogen-bond donors (Lipinski definition) is 0. The van der Waals surface area contributed by atoms with Crippen LogP contribution in [0.1, 0.15) is 38.0 Å². The van der Waals surface area contributed by atoms with Crippen LogP contribution in [-0.4, -0.2) is 19.5 Å². The zero-order valence-corrected chi connectivity index (χ0v) is 21.2. The van der Waals surface area contributed by atoms with E-state index in [1.54, 1.807) is 19.2 Å². The average Bonchev–Trinajstić information content (AvgIpc) is 2.81. The van der Waals surface area contributed by atoms with Gasteiger partial charge in [0.05, 0.1) is 11.4 Å². The lowest BCUT2D eigenvalue weighted by molar-refractivity contribution is 0.283. The van der Waals surface area contributed by atoms with Gasteiger partial charge in [-0.15, -0.1) is 0 Å². The fraction of sp³-hybridized carbons (Fsp3) is 0.231. The SMILES string of the molecule is Cc1nc(OCc2ccc(F)cc2F)c(Br)c(=O)n1-c1cccc(-c2ccnc(C(C)(C)C)n2)c1. The minimum Gasteiger partial charge on any atom is -0.472 e. The number of halogens is 3. The highest BCUT2D eigenvalue weighted by molar-refractivity contribution is 9.10. The minimum atomic E-state index is -0.734. The molecule has 0 N–H and O–H groups in total. The molecule has 0 atom stereocenters. The van der Waals surface area contributed by atoms with Gasteiger partial charge in [-0.2, -0.15) is 4.98 Å². The van der Waals surface area contributed by atoms with Gasteiger partial charge in [0.1, 0.15) is 34.4 Å². The highest BCUT2D eigenvalue weighted by atomic mass is 79.9. The fourth-order valence-electron chi connectivity index (χ4n) is 3.45. The summed E-state index contributed by atoms with van der Waals surface area (Å²) in [7, 11) is 0. The lowest BCUT2D eigenvalue weighted by atomic mass is 9.95. The Balaban J connectivity index is 1.67. The zero-order valence-electron chi connectivity index (χ0n) is 19.6. The van der Waals surface area contributed by atoms with Crippen LogP contribution in [0.2, 0.25) is 0 Å². The van der Waals surface area contributed by atoms with Gasteiger partial charge in [0.25, 0.3) is 5.56 Å². The van der Waals surface area contributed by atoms with Crippen molar-refractivity contribution in [1.82, 2.24) is 19.5 Å². The summed E-state index contributed by atoms with van der Waals surface area (Å²) in [4.78, 5) is 26.7. The zero-order chi connectivity index (χ0) is 25.3. The predicted octanol–water partition coefficient (Wildman–Crippen LogP) is 5.92. The monoisotopic (exact) mass is 540 g/mol. The maximum Gasteiger partial charge on any atom is 0.276 e. The second-order valence-electron chi connectivity index (χ2n) is 9.01. The Morgan fingerprint density at radius 2 is 1.83 bits per heavy atom. The molecular formula is C26H23BrF2N4O2. The lowest BCUT2D eigenvalue weighted by Gasteiger charge is -2.17. The van der Waals surface area contributed by atoms with E-state index in [4.69, 9.17) is 9.72 Å². The first-order valence-electron chi connectivity index (χ1n) is 10.8. The molecule has 0 saturated heterocycles. The fourth-order valence-corrected chi connectivity index (χ4v) is 3.83. The van der Waals surface area contributed by atoms with E-state index < -0.39 is 11.6 Å². The van der Waals surface area contributed by atoms with Crippen LogP contribution in [-0.2, 0) is 12.0 Å². The molecule has 0 radical (unpaired) electrons. The molecule has 2 aromatic carbocycles. The van der Waals surface area contributed by atoms with Gasteiger partial charge >= 0.3 is 0 Å². The summed E-state index contributed by atoms with van der Waals surface area (Å²) >= 11 is 3.27. The van der Waals surface area contributed by atoms with Gasteiger partial charge in [-0.05, 0) is 53.2 Å². The van der Waals surface area contributed by atoms with E-state index in [2.05, 4.69) is 25.9 Å². The number of hydrogen-bond acceptors (Lipinski definition) is 5. The Morgan fingerprint density at radius 1 is 1.06 bits per heavy atom. The van der Waals surface area contributed by atoms with Gasteiger partial charge in [-0.1, -0.05) is 32.9 Å². The van der Waals surface area contributed by atoms with E-state index in [0.29, 0.717) is 11.5 Å². The Morgan fingerprint density at radius 3 is 2.54 bits per heavy atom. The van der Waals surface area contributed by atoms with Gasteiger partial charge in [-0.3, -0.25) is 9.36 Å². The Bertz CT molecular complexity index is 1460. The van der Waals surface area contributed by atoms with Crippen molar-refractivity contribution in [2.24, 2.45) is 0 Å². The molecule has 0 aliphatic heterocycles. The maximum absolute atomic E-state index is 13.9.